The molecule has 3 aliphatic rings. The molecule has 4 unspecified atom stereocenters. The van der Waals surface area contributed by atoms with Gasteiger partial charge < -0.3 is 24.1 Å². The van der Waals surface area contributed by atoms with Crippen LogP contribution in [0.15, 0.2) is 10.2 Å². The van der Waals surface area contributed by atoms with Crippen LogP contribution in [0.2, 0.25) is 0 Å². The van der Waals surface area contributed by atoms with Gasteiger partial charge in [-0.25, -0.2) is 0 Å². The predicted octanol–water partition coefficient (Wildman–Crippen LogP) is 3.21. The highest BCUT2D eigenvalue weighted by atomic mass is 16.6. The van der Waals surface area contributed by atoms with E-state index >= 15 is 0 Å². The summed E-state index contributed by atoms with van der Waals surface area (Å²) in [6.45, 7) is 4.15. The lowest BCUT2D eigenvalue weighted by Crippen LogP contribution is -2.32. The third-order valence-corrected chi connectivity index (χ3v) is 7.40. The molecule has 210 valence electrons. The van der Waals surface area contributed by atoms with Crippen molar-refractivity contribution in [2.45, 2.75) is 115 Å². The van der Waals surface area contributed by atoms with E-state index in [4.69, 9.17) is 18.9 Å². The van der Waals surface area contributed by atoms with Crippen LogP contribution in [0.25, 0.3) is 0 Å². The largest absolute Gasteiger partial charge is 0.463 e. The molecular formula is C25H41N3O9. The second kappa shape index (κ2) is 14.7. The van der Waals surface area contributed by atoms with Crippen molar-refractivity contribution in [2.75, 3.05) is 19.8 Å². The van der Waals surface area contributed by atoms with Crippen LogP contribution < -0.4 is 0 Å². The molecule has 4 atom stereocenters. The molecule has 12 heteroatoms. The molecule has 0 radical (unpaired) electrons. The van der Waals surface area contributed by atoms with Gasteiger partial charge >= 0.3 is 11.9 Å². The van der Waals surface area contributed by atoms with E-state index in [1.54, 1.807) is 6.92 Å². The van der Waals surface area contributed by atoms with E-state index in [9.17, 15) is 24.8 Å². The van der Waals surface area contributed by atoms with Gasteiger partial charge in [-0.15, -0.1) is 0 Å². The number of azo groups is 1. The first-order valence-corrected chi connectivity index (χ1v) is 13.6. The van der Waals surface area contributed by atoms with Crippen LogP contribution in [-0.2, 0) is 28.5 Å². The molecule has 1 N–H and O–H groups in total. The molecular weight excluding hydrogens is 486 g/mol. The molecule has 0 spiro atoms. The summed E-state index contributed by atoms with van der Waals surface area (Å²) in [5.41, 5.74) is 0. The van der Waals surface area contributed by atoms with E-state index in [1.807, 2.05) is 6.92 Å². The monoisotopic (exact) mass is 527 g/mol. The molecule has 0 aromatic carbocycles. The minimum Gasteiger partial charge on any atom is -0.463 e. The number of carbonyl (C=O) groups excluding carboxylic acids is 2. The molecule has 0 bridgehead atoms. The lowest BCUT2D eigenvalue weighted by Gasteiger charge is -2.28. The maximum atomic E-state index is 12.4. The second-order valence-electron chi connectivity index (χ2n) is 10.5. The number of aliphatic hydroxyl groups is 1. The number of aliphatic hydroxyl groups excluding tert-OH is 1. The topological polar surface area (TPSA) is 162 Å². The fraction of sp³-hybridized carbons (Fsp3) is 0.920. The summed E-state index contributed by atoms with van der Waals surface area (Å²) in [6, 6.07) is -0.281. The first-order chi connectivity index (χ1) is 17.7. The zero-order chi connectivity index (χ0) is 26.8. The number of hydrogen-bond acceptors (Lipinski definition) is 11. The van der Waals surface area contributed by atoms with E-state index in [0.717, 1.165) is 12.8 Å². The van der Waals surface area contributed by atoms with E-state index in [1.165, 1.54) is 0 Å². The Bertz CT molecular complexity index is 775. The third-order valence-electron chi connectivity index (χ3n) is 7.40. The van der Waals surface area contributed by atoms with Crippen molar-refractivity contribution in [3.8, 4) is 0 Å². The Morgan fingerprint density at radius 1 is 1.03 bits per heavy atom. The number of ether oxygens (including phenoxy) is 4. The second-order valence-corrected chi connectivity index (χ2v) is 10.5. The smallest absolute Gasteiger partial charge is 0.309 e. The maximum absolute atomic E-state index is 12.4. The van der Waals surface area contributed by atoms with Crippen molar-refractivity contribution in [1.82, 2.24) is 0 Å². The molecule has 3 fully saturated rings. The molecule has 1 aliphatic heterocycles. The zero-order valence-corrected chi connectivity index (χ0v) is 21.9. The van der Waals surface area contributed by atoms with Crippen molar-refractivity contribution in [1.29, 1.82) is 0 Å². The first-order valence-electron chi connectivity index (χ1n) is 13.6. The van der Waals surface area contributed by atoms with Gasteiger partial charge in [0.25, 0.3) is 0 Å². The molecule has 3 rings (SSSR count). The van der Waals surface area contributed by atoms with Gasteiger partial charge in [-0.3, -0.25) is 19.7 Å². The van der Waals surface area contributed by atoms with Gasteiger partial charge in [-0.1, -0.05) is 13.8 Å². The minimum absolute atomic E-state index is 0.000844. The van der Waals surface area contributed by atoms with Crippen molar-refractivity contribution >= 4 is 11.9 Å². The van der Waals surface area contributed by atoms with Gasteiger partial charge in [-0.05, 0) is 51.4 Å². The van der Waals surface area contributed by atoms with Crippen LogP contribution in [0.1, 0.15) is 78.1 Å². The third kappa shape index (κ3) is 10.2. The van der Waals surface area contributed by atoms with Gasteiger partial charge in [0, 0.05) is 17.8 Å². The summed E-state index contributed by atoms with van der Waals surface area (Å²) < 4.78 is 21.2. The SMILES string of the molecule is CCC(CC(C)C(=O)OCC(O)OC1CCC(N=NC2CCC([N+](=O)[O-])CC2)CC1)C(=O)OCC1CO1. The summed E-state index contributed by atoms with van der Waals surface area (Å²) in [7, 11) is 0. The lowest BCUT2D eigenvalue weighted by molar-refractivity contribution is -0.526. The molecule has 1 saturated heterocycles. The van der Waals surface area contributed by atoms with Crippen LogP contribution in [0.3, 0.4) is 0 Å². The van der Waals surface area contributed by atoms with Gasteiger partial charge in [-0.2, -0.15) is 10.2 Å². The highest BCUT2D eigenvalue weighted by molar-refractivity contribution is 5.75. The van der Waals surface area contributed by atoms with Gasteiger partial charge in [0.05, 0.1) is 36.6 Å². The van der Waals surface area contributed by atoms with Crippen LogP contribution in [-0.4, -0.2) is 78.4 Å². The van der Waals surface area contributed by atoms with E-state index in [0.29, 0.717) is 58.0 Å². The Balaban J connectivity index is 1.28. The standard InChI is InChI=1S/C25H41N3O9/c1-3-17(25(31)35-14-22-13-34-22)12-16(2)24(30)36-15-23(29)37-21-10-6-19(7-11-21)27-26-18-4-8-20(9-5-18)28(32)33/h16-23,29H,3-15H2,1-2H3. The Morgan fingerprint density at radius 3 is 2.16 bits per heavy atom. The highest BCUT2D eigenvalue weighted by Crippen LogP contribution is 2.27. The molecule has 0 amide bonds. The summed E-state index contributed by atoms with van der Waals surface area (Å²) in [6.07, 6.45) is 5.00. The lowest BCUT2D eigenvalue weighted by atomic mass is 9.92. The van der Waals surface area contributed by atoms with E-state index in [2.05, 4.69) is 10.2 Å². The molecule has 37 heavy (non-hydrogen) atoms. The highest BCUT2D eigenvalue weighted by Gasteiger charge is 2.31. The first kappa shape index (κ1) is 29.4. The number of nitrogens with zero attached hydrogens (tertiary/aromatic N) is 3. The number of epoxide rings is 1. The molecule has 1 heterocycles. The number of carbonyl (C=O) groups is 2. The fourth-order valence-electron chi connectivity index (χ4n) is 4.84. The van der Waals surface area contributed by atoms with Gasteiger partial charge in [0.15, 0.2) is 6.29 Å². The van der Waals surface area contributed by atoms with Gasteiger partial charge in [0.2, 0.25) is 6.04 Å². The summed E-state index contributed by atoms with van der Waals surface area (Å²) in [4.78, 5) is 35.2. The Kier molecular flexibility index (Phi) is 11.7. The number of nitro groups is 1. The Hall–Kier alpha value is -2.18. The normalized spacial score (nSPS) is 30.3. The van der Waals surface area contributed by atoms with Crippen LogP contribution in [0.5, 0.6) is 0 Å². The summed E-state index contributed by atoms with van der Waals surface area (Å²) in [5, 5.41) is 30.0. The van der Waals surface area contributed by atoms with Crippen molar-refractivity contribution in [2.24, 2.45) is 22.1 Å². The van der Waals surface area contributed by atoms with Crippen molar-refractivity contribution < 1.29 is 38.6 Å². The maximum Gasteiger partial charge on any atom is 0.309 e. The number of rotatable bonds is 14. The Morgan fingerprint density at radius 2 is 1.62 bits per heavy atom. The molecule has 0 aromatic heterocycles. The number of hydrogen-bond donors (Lipinski definition) is 1. The zero-order valence-electron chi connectivity index (χ0n) is 21.9. The quantitative estimate of drug-likeness (QED) is 0.0892. The average Bonchev–Trinajstić information content (AvgIpc) is 3.73. The molecule has 12 nitrogen and oxygen atoms in total. The molecule has 2 aliphatic carbocycles. The minimum atomic E-state index is -1.22. The van der Waals surface area contributed by atoms with Gasteiger partial charge in [0.1, 0.15) is 19.3 Å². The number of esters is 2. The van der Waals surface area contributed by atoms with E-state index < -0.39 is 30.1 Å². The summed E-state index contributed by atoms with van der Waals surface area (Å²) in [5.74, 6) is -1.74. The average molecular weight is 528 g/mol. The summed E-state index contributed by atoms with van der Waals surface area (Å²) >= 11 is 0. The van der Waals surface area contributed by atoms with Crippen LogP contribution in [0.4, 0.5) is 0 Å². The molecule has 0 aromatic rings. The van der Waals surface area contributed by atoms with E-state index in [-0.39, 0.29) is 48.4 Å². The van der Waals surface area contributed by atoms with Crippen molar-refractivity contribution in [3.63, 3.8) is 0 Å². The predicted molar refractivity (Wildman–Crippen MR) is 130 cm³/mol. The van der Waals surface area contributed by atoms with Crippen molar-refractivity contribution in [3.05, 3.63) is 10.1 Å². The van der Waals surface area contributed by atoms with Crippen LogP contribution >= 0.6 is 0 Å². The Labute approximate surface area is 217 Å². The fourth-order valence-corrected chi connectivity index (χ4v) is 4.84. The molecule has 2 saturated carbocycles. The van der Waals surface area contributed by atoms with Crippen LogP contribution in [0, 0.1) is 22.0 Å².